The normalized spacial score (nSPS) is 33.1. The van der Waals surface area contributed by atoms with E-state index in [1.807, 2.05) is 4.90 Å². The molecule has 0 spiro atoms. The van der Waals surface area contributed by atoms with Crippen LogP contribution in [0.4, 0.5) is 0 Å². The standard InChI is InChI=1S/C12H20ClNO2/c1-16-9-12-5-2-3-10(12)7-14(8-12)11(15)4-6-13/h10H,2-9H2,1H3/t10-,12-/m0/s1. The van der Waals surface area contributed by atoms with E-state index in [-0.39, 0.29) is 11.3 Å². The highest BCUT2D eigenvalue weighted by molar-refractivity contribution is 6.18. The van der Waals surface area contributed by atoms with Crippen LogP contribution < -0.4 is 0 Å². The Kier molecular flexibility index (Phi) is 3.75. The summed E-state index contributed by atoms with van der Waals surface area (Å²) in [7, 11) is 1.76. The number of fused-ring (bicyclic) bond motifs is 1. The molecule has 0 aromatic carbocycles. The quantitative estimate of drug-likeness (QED) is 0.708. The van der Waals surface area contributed by atoms with Gasteiger partial charge in [0.05, 0.1) is 6.61 Å². The number of likely N-dealkylation sites (tertiary alicyclic amines) is 1. The Balaban J connectivity index is 2.01. The van der Waals surface area contributed by atoms with Gasteiger partial charge in [0.25, 0.3) is 0 Å². The Bertz CT molecular complexity index is 272. The molecule has 0 radical (unpaired) electrons. The van der Waals surface area contributed by atoms with Crippen molar-refractivity contribution in [1.82, 2.24) is 4.90 Å². The lowest BCUT2D eigenvalue weighted by molar-refractivity contribution is -0.130. The van der Waals surface area contributed by atoms with Gasteiger partial charge in [-0.2, -0.15) is 0 Å². The van der Waals surface area contributed by atoms with Gasteiger partial charge in [0.15, 0.2) is 0 Å². The van der Waals surface area contributed by atoms with Gasteiger partial charge in [-0.25, -0.2) is 0 Å². The van der Waals surface area contributed by atoms with Crippen LogP contribution in [0.25, 0.3) is 0 Å². The molecule has 0 aromatic rings. The van der Waals surface area contributed by atoms with E-state index in [4.69, 9.17) is 16.3 Å². The first-order valence-corrected chi connectivity index (χ1v) is 6.58. The minimum atomic E-state index is 0.208. The predicted molar refractivity (Wildman–Crippen MR) is 63.6 cm³/mol. The molecule has 0 bridgehead atoms. The molecule has 2 aliphatic rings. The summed E-state index contributed by atoms with van der Waals surface area (Å²) >= 11 is 5.62. The molecule has 4 heteroatoms. The molecule has 0 unspecified atom stereocenters. The number of amides is 1. The van der Waals surface area contributed by atoms with Gasteiger partial charge in [0.2, 0.25) is 5.91 Å². The van der Waals surface area contributed by atoms with E-state index in [1.54, 1.807) is 7.11 Å². The van der Waals surface area contributed by atoms with Crippen LogP contribution in [0.2, 0.25) is 0 Å². The average Bonchev–Trinajstić information content (AvgIpc) is 2.74. The number of carbonyl (C=O) groups is 1. The molecule has 3 nitrogen and oxygen atoms in total. The Morgan fingerprint density at radius 2 is 2.44 bits per heavy atom. The lowest BCUT2D eigenvalue weighted by Gasteiger charge is -2.27. The van der Waals surface area contributed by atoms with Crippen LogP contribution in [0.5, 0.6) is 0 Å². The Morgan fingerprint density at radius 1 is 1.62 bits per heavy atom. The van der Waals surface area contributed by atoms with Crippen molar-refractivity contribution in [3.8, 4) is 0 Å². The highest BCUT2D eigenvalue weighted by atomic mass is 35.5. The van der Waals surface area contributed by atoms with Gasteiger partial charge in [-0.3, -0.25) is 4.79 Å². The van der Waals surface area contributed by atoms with Crippen molar-refractivity contribution in [2.45, 2.75) is 25.7 Å². The fourth-order valence-electron chi connectivity index (χ4n) is 3.37. The number of alkyl halides is 1. The van der Waals surface area contributed by atoms with E-state index in [1.165, 1.54) is 19.3 Å². The summed E-state index contributed by atoms with van der Waals surface area (Å²) in [6.45, 7) is 2.59. The molecule has 1 aliphatic carbocycles. The molecule has 0 N–H and O–H groups in total. The van der Waals surface area contributed by atoms with Crippen LogP contribution in [0, 0.1) is 11.3 Å². The second-order valence-corrected chi connectivity index (χ2v) is 5.48. The third-order valence-electron chi connectivity index (χ3n) is 4.13. The number of halogens is 1. The molecule has 2 fully saturated rings. The van der Waals surface area contributed by atoms with Crippen molar-refractivity contribution in [2.24, 2.45) is 11.3 Å². The van der Waals surface area contributed by atoms with Crippen LogP contribution >= 0.6 is 11.6 Å². The molecule has 1 saturated heterocycles. The minimum Gasteiger partial charge on any atom is -0.384 e. The summed E-state index contributed by atoms with van der Waals surface area (Å²) in [4.78, 5) is 13.8. The smallest absolute Gasteiger partial charge is 0.223 e. The van der Waals surface area contributed by atoms with Crippen molar-refractivity contribution >= 4 is 17.5 Å². The molecule has 2 rings (SSSR count). The van der Waals surface area contributed by atoms with E-state index < -0.39 is 0 Å². The number of carbonyl (C=O) groups excluding carboxylic acids is 1. The van der Waals surface area contributed by atoms with Crippen molar-refractivity contribution in [1.29, 1.82) is 0 Å². The minimum absolute atomic E-state index is 0.208. The van der Waals surface area contributed by atoms with Gasteiger partial charge < -0.3 is 9.64 Å². The fraction of sp³-hybridized carbons (Fsp3) is 0.917. The van der Waals surface area contributed by atoms with Crippen molar-refractivity contribution < 1.29 is 9.53 Å². The molecule has 1 aliphatic heterocycles. The van der Waals surface area contributed by atoms with E-state index >= 15 is 0 Å². The highest BCUT2D eigenvalue weighted by Gasteiger charge is 2.50. The van der Waals surface area contributed by atoms with Crippen molar-refractivity contribution in [3.05, 3.63) is 0 Å². The summed E-state index contributed by atoms with van der Waals surface area (Å²) in [6, 6.07) is 0. The van der Waals surface area contributed by atoms with Crippen LogP contribution in [0.3, 0.4) is 0 Å². The molecule has 1 amide bonds. The second kappa shape index (κ2) is 4.92. The van der Waals surface area contributed by atoms with E-state index in [2.05, 4.69) is 0 Å². The van der Waals surface area contributed by atoms with E-state index in [0.717, 1.165) is 19.7 Å². The number of hydrogen-bond donors (Lipinski definition) is 0. The van der Waals surface area contributed by atoms with Gasteiger partial charge in [-0.1, -0.05) is 6.42 Å². The fourth-order valence-corrected chi connectivity index (χ4v) is 3.53. The maximum absolute atomic E-state index is 11.8. The first-order valence-electron chi connectivity index (χ1n) is 6.04. The number of ether oxygens (including phenoxy) is 1. The summed E-state index contributed by atoms with van der Waals surface area (Å²) in [6.07, 6.45) is 4.20. The molecule has 1 heterocycles. The Labute approximate surface area is 102 Å². The Morgan fingerprint density at radius 3 is 3.12 bits per heavy atom. The maximum Gasteiger partial charge on any atom is 0.223 e. The molecule has 92 valence electrons. The molecular formula is C12H20ClNO2. The zero-order valence-corrected chi connectivity index (χ0v) is 10.6. The zero-order chi connectivity index (χ0) is 11.6. The van der Waals surface area contributed by atoms with Crippen molar-refractivity contribution in [3.63, 3.8) is 0 Å². The summed E-state index contributed by atoms with van der Waals surface area (Å²) < 4.78 is 5.35. The highest BCUT2D eigenvalue weighted by Crippen LogP contribution is 2.48. The zero-order valence-electron chi connectivity index (χ0n) is 9.88. The number of methoxy groups -OCH3 is 1. The predicted octanol–water partition coefficient (Wildman–Crippen LogP) is 1.89. The van der Waals surface area contributed by atoms with E-state index in [0.29, 0.717) is 18.2 Å². The monoisotopic (exact) mass is 245 g/mol. The number of hydrogen-bond acceptors (Lipinski definition) is 2. The molecule has 1 saturated carbocycles. The Hall–Kier alpha value is -0.280. The molecule has 2 atom stereocenters. The lowest BCUT2D eigenvalue weighted by Crippen LogP contribution is -2.34. The largest absolute Gasteiger partial charge is 0.384 e. The van der Waals surface area contributed by atoms with Gasteiger partial charge in [0.1, 0.15) is 0 Å². The third kappa shape index (κ3) is 2.07. The van der Waals surface area contributed by atoms with Gasteiger partial charge in [-0.15, -0.1) is 11.6 Å². The van der Waals surface area contributed by atoms with Crippen LogP contribution in [-0.4, -0.2) is 43.5 Å². The van der Waals surface area contributed by atoms with Gasteiger partial charge in [0, 0.05) is 37.9 Å². The summed E-state index contributed by atoms with van der Waals surface area (Å²) in [5.41, 5.74) is 0.247. The third-order valence-corrected chi connectivity index (χ3v) is 4.32. The SMILES string of the molecule is COC[C@@]12CCC[C@H]1CN(C(=O)CCCl)C2. The average molecular weight is 246 g/mol. The molecular weight excluding hydrogens is 226 g/mol. The molecule has 16 heavy (non-hydrogen) atoms. The van der Waals surface area contributed by atoms with Crippen molar-refractivity contribution in [2.75, 3.05) is 32.7 Å². The maximum atomic E-state index is 11.8. The molecule has 0 aromatic heterocycles. The van der Waals surface area contributed by atoms with Crippen LogP contribution in [0.1, 0.15) is 25.7 Å². The number of nitrogens with zero attached hydrogens (tertiary/aromatic N) is 1. The first kappa shape index (κ1) is 12.2. The van der Waals surface area contributed by atoms with Crippen LogP contribution in [0.15, 0.2) is 0 Å². The first-order chi connectivity index (χ1) is 7.72. The lowest BCUT2D eigenvalue weighted by atomic mass is 9.82. The van der Waals surface area contributed by atoms with E-state index in [9.17, 15) is 4.79 Å². The number of rotatable bonds is 4. The topological polar surface area (TPSA) is 29.5 Å². The second-order valence-electron chi connectivity index (χ2n) is 5.10. The van der Waals surface area contributed by atoms with Gasteiger partial charge in [-0.05, 0) is 18.8 Å². The van der Waals surface area contributed by atoms with Crippen LogP contribution in [-0.2, 0) is 9.53 Å². The summed E-state index contributed by atoms with van der Waals surface area (Å²) in [5.74, 6) is 1.28. The summed E-state index contributed by atoms with van der Waals surface area (Å²) in [5, 5.41) is 0. The van der Waals surface area contributed by atoms with Gasteiger partial charge >= 0.3 is 0 Å².